The summed E-state index contributed by atoms with van der Waals surface area (Å²) in [6, 6.07) is 2.47. The number of carbonyl (C=O) groups is 1. The summed E-state index contributed by atoms with van der Waals surface area (Å²) in [5, 5.41) is 28.0. The van der Waals surface area contributed by atoms with Gasteiger partial charge >= 0.3 is 5.97 Å². The molecule has 0 aliphatic heterocycles. The molecule has 3 N–H and O–H groups in total. The fourth-order valence-electron chi connectivity index (χ4n) is 2.05. The van der Waals surface area contributed by atoms with Gasteiger partial charge in [0.1, 0.15) is 17.1 Å². The lowest BCUT2D eigenvalue weighted by atomic mass is 9.93. The number of carboxylic acids is 1. The number of benzene rings is 1. The molecule has 0 aromatic heterocycles. The van der Waals surface area contributed by atoms with Crippen LogP contribution in [-0.4, -0.2) is 21.3 Å². The van der Waals surface area contributed by atoms with Gasteiger partial charge in [-0.1, -0.05) is 26.7 Å². The Kier molecular flexibility index (Phi) is 4.37. The van der Waals surface area contributed by atoms with E-state index in [1.54, 1.807) is 0 Å². The number of aromatic carboxylic acids is 1. The minimum Gasteiger partial charge on any atom is -0.508 e. The van der Waals surface area contributed by atoms with E-state index >= 15 is 0 Å². The zero-order chi connectivity index (χ0) is 13.0. The van der Waals surface area contributed by atoms with Crippen LogP contribution >= 0.6 is 0 Å². The Bertz CT molecular complexity index is 412. The number of phenolic OH excluding ortho intramolecular Hbond substituents is 1. The van der Waals surface area contributed by atoms with Gasteiger partial charge in [-0.05, 0) is 24.0 Å². The first-order valence-corrected chi connectivity index (χ1v) is 5.73. The van der Waals surface area contributed by atoms with Gasteiger partial charge in [0.2, 0.25) is 0 Å². The van der Waals surface area contributed by atoms with Gasteiger partial charge in [0.15, 0.2) is 0 Å². The number of hydrogen-bond acceptors (Lipinski definition) is 3. The second-order valence-corrected chi connectivity index (χ2v) is 4.40. The van der Waals surface area contributed by atoms with Gasteiger partial charge in [0.25, 0.3) is 0 Å². The van der Waals surface area contributed by atoms with Crippen molar-refractivity contribution >= 4 is 5.97 Å². The minimum atomic E-state index is -1.17. The van der Waals surface area contributed by atoms with Crippen molar-refractivity contribution < 1.29 is 20.1 Å². The van der Waals surface area contributed by atoms with Gasteiger partial charge < -0.3 is 15.3 Å². The molecule has 0 amide bonds. The Hall–Kier alpha value is -1.71. The summed E-state index contributed by atoms with van der Waals surface area (Å²) >= 11 is 0. The van der Waals surface area contributed by atoms with Crippen molar-refractivity contribution in [3.8, 4) is 11.5 Å². The number of rotatable bonds is 5. The Morgan fingerprint density at radius 1 is 1.35 bits per heavy atom. The van der Waals surface area contributed by atoms with E-state index < -0.39 is 5.97 Å². The molecule has 0 fully saturated rings. The van der Waals surface area contributed by atoms with Gasteiger partial charge in [-0.25, -0.2) is 4.79 Å². The monoisotopic (exact) mass is 238 g/mol. The second kappa shape index (κ2) is 5.57. The van der Waals surface area contributed by atoms with Crippen molar-refractivity contribution in [3.05, 3.63) is 23.3 Å². The van der Waals surface area contributed by atoms with Crippen molar-refractivity contribution in [3.63, 3.8) is 0 Å². The average Bonchev–Trinajstić information content (AvgIpc) is 2.15. The van der Waals surface area contributed by atoms with Crippen LogP contribution in [0.2, 0.25) is 0 Å². The molecule has 17 heavy (non-hydrogen) atoms. The smallest absolute Gasteiger partial charge is 0.339 e. The quantitative estimate of drug-likeness (QED) is 0.737. The first kappa shape index (κ1) is 13.4. The Morgan fingerprint density at radius 2 is 2.00 bits per heavy atom. The summed E-state index contributed by atoms with van der Waals surface area (Å²) in [5.41, 5.74) is 0.377. The van der Waals surface area contributed by atoms with E-state index in [2.05, 4.69) is 6.92 Å². The van der Waals surface area contributed by atoms with Gasteiger partial charge in [0, 0.05) is 6.07 Å². The predicted octanol–water partition coefficient (Wildman–Crippen LogP) is 2.77. The fraction of sp³-hybridized carbons (Fsp3) is 0.462. The van der Waals surface area contributed by atoms with E-state index in [0.29, 0.717) is 17.9 Å². The zero-order valence-electron chi connectivity index (χ0n) is 10.1. The van der Waals surface area contributed by atoms with Crippen LogP contribution in [0.4, 0.5) is 0 Å². The van der Waals surface area contributed by atoms with Crippen molar-refractivity contribution in [2.24, 2.45) is 5.92 Å². The highest BCUT2D eigenvalue weighted by Gasteiger charge is 2.18. The average molecular weight is 238 g/mol. The number of aromatic hydroxyl groups is 2. The van der Waals surface area contributed by atoms with Crippen molar-refractivity contribution in [1.82, 2.24) is 0 Å². The van der Waals surface area contributed by atoms with Gasteiger partial charge in [0.05, 0.1) is 0 Å². The van der Waals surface area contributed by atoms with E-state index in [9.17, 15) is 15.0 Å². The maximum atomic E-state index is 11.1. The maximum Gasteiger partial charge on any atom is 0.339 e. The lowest BCUT2D eigenvalue weighted by molar-refractivity contribution is 0.0692. The van der Waals surface area contributed by atoms with Crippen LogP contribution in [0.5, 0.6) is 11.5 Å². The summed E-state index contributed by atoms with van der Waals surface area (Å²) < 4.78 is 0. The van der Waals surface area contributed by atoms with Crippen LogP contribution in [0.25, 0.3) is 0 Å². The van der Waals surface area contributed by atoms with E-state index in [0.717, 1.165) is 18.9 Å². The Labute approximate surface area is 101 Å². The largest absolute Gasteiger partial charge is 0.508 e. The molecule has 0 aliphatic rings. The minimum absolute atomic E-state index is 0.105. The molecule has 4 nitrogen and oxygen atoms in total. The van der Waals surface area contributed by atoms with Crippen LogP contribution in [-0.2, 0) is 6.42 Å². The maximum absolute atomic E-state index is 11.1. The van der Waals surface area contributed by atoms with Crippen LogP contribution in [0.1, 0.15) is 42.6 Å². The van der Waals surface area contributed by atoms with Crippen LogP contribution in [0.3, 0.4) is 0 Å². The predicted molar refractivity (Wildman–Crippen MR) is 64.5 cm³/mol. The van der Waals surface area contributed by atoms with Gasteiger partial charge in [-0.15, -0.1) is 0 Å². The van der Waals surface area contributed by atoms with Crippen LogP contribution in [0, 0.1) is 5.92 Å². The molecule has 0 bridgehead atoms. The third-order valence-corrected chi connectivity index (χ3v) is 2.75. The topological polar surface area (TPSA) is 77.8 Å². The molecular weight excluding hydrogens is 220 g/mol. The third-order valence-electron chi connectivity index (χ3n) is 2.75. The van der Waals surface area contributed by atoms with E-state index in [-0.39, 0.29) is 17.1 Å². The molecule has 1 aromatic rings. The molecule has 94 valence electrons. The van der Waals surface area contributed by atoms with Crippen molar-refractivity contribution in [2.75, 3.05) is 0 Å². The molecule has 1 aromatic carbocycles. The lowest BCUT2D eigenvalue weighted by Crippen LogP contribution is -2.07. The third kappa shape index (κ3) is 3.37. The number of phenols is 2. The van der Waals surface area contributed by atoms with Crippen LogP contribution < -0.4 is 0 Å². The molecule has 0 spiro atoms. The summed E-state index contributed by atoms with van der Waals surface area (Å²) in [7, 11) is 0. The molecule has 1 atom stereocenters. The molecule has 0 saturated carbocycles. The first-order valence-electron chi connectivity index (χ1n) is 5.73. The van der Waals surface area contributed by atoms with Crippen molar-refractivity contribution in [2.45, 2.75) is 33.1 Å². The Morgan fingerprint density at radius 3 is 2.53 bits per heavy atom. The molecule has 0 heterocycles. The summed E-state index contributed by atoms with van der Waals surface area (Å²) in [5.74, 6) is -1.33. The van der Waals surface area contributed by atoms with Gasteiger partial charge in [-0.2, -0.15) is 0 Å². The molecule has 4 heteroatoms. The zero-order valence-corrected chi connectivity index (χ0v) is 10.1. The highest BCUT2D eigenvalue weighted by atomic mass is 16.4. The number of hydrogen-bond donors (Lipinski definition) is 3. The molecule has 1 unspecified atom stereocenters. The highest BCUT2D eigenvalue weighted by molar-refractivity contribution is 5.92. The summed E-state index contributed by atoms with van der Waals surface area (Å²) in [6.45, 7) is 4.09. The molecule has 0 saturated heterocycles. The molecular formula is C13H18O4. The molecule has 0 radical (unpaired) electrons. The van der Waals surface area contributed by atoms with E-state index in [4.69, 9.17) is 5.11 Å². The standard InChI is InChI=1S/C13H18O4/c1-3-4-8(2)5-9-6-10(14)7-11(15)12(9)13(16)17/h6-8,14-15H,3-5H2,1-2H3,(H,16,17). The summed E-state index contributed by atoms with van der Waals surface area (Å²) in [6.07, 6.45) is 2.54. The second-order valence-electron chi connectivity index (χ2n) is 4.40. The number of carboxylic acid groups (broad SMARTS) is 1. The van der Waals surface area contributed by atoms with E-state index in [1.807, 2.05) is 6.92 Å². The molecule has 1 rings (SSSR count). The van der Waals surface area contributed by atoms with Gasteiger partial charge in [-0.3, -0.25) is 0 Å². The fourth-order valence-corrected chi connectivity index (χ4v) is 2.05. The normalized spacial score (nSPS) is 12.4. The Balaban J connectivity index is 3.08. The van der Waals surface area contributed by atoms with Crippen LogP contribution in [0.15, 0.2) is 12.1 Å². The molecule has 0 aliphatic carbocycles. The summed E-state index contributed by atoms with van der Waals surface area (Å²) in [4.78, 5) is 11.1. The lowest BCUT2D eigenvalue weighted by Gasteiger charge is -2.13. The van der Waals surface area contributed by atoms with E-state index in [1.165, 1.54) is 6.07 Å². The SMILES string of the molecule is CCCC(C)Cc1cc(O)cc(O)c1C(=O)O. The first-order chi connectivity index (χ1) is 7.95. The van der Waals surface area contributed by atoms with Crippen molar-refractivity contribution in [1.29, 1.82) is 0 Å². The highest BCUT2D eigenvalue weighted by Crippen LogP contribution is 2.29.